The van der Waals surface area contributed by atoms with E-state index in [0.29, 0.717) is 11.1 Å². The number of amides is 1. The van der Waals surface area contributed by atoms with Crippen LogP contribution in [-0.4, -0.2) is 5.91 Å². The van der Waals surface area contributed by atoms with Gasteiger partial charge >= 0.3 is 0 Å². The van der Waals surface area contributed by atoms with E-state index in [-0.39, 0.29) is 11.7 Å². The highest BCUT2D eigenvalue weighted by molar-refractivity contribution is 9.11. The molecule has 1 aliphatic heterocycles. The Morgan fingerprint density at radius 1 is 1.19 bits per heavy atom. The molecule has 0 saturated heterocycles. The van der Waals surface area contributed by atoms with Gasteiger partial charge in [-0.2, -0.15) is 0 Å². The van der Waals surface area contributed by atoms with Gasteiger partial charge in [0.15, 0.2) is 0 Å². The van der Waals surface area contributed by atoms with Crippen molar-refractivity contribution in [3.05, 3.63) is 61.8 Å². The highest BCUT2D eigenvalue weighted by Gasteiger charge is 2.28. The van der Waals surface area contributed by atoms with E-state index in [1.165, 1.54) is 12.1 Å². The predicted octanol–water partition coefficient (Wildman–Crippen LogP) is 5.15. The van der Waals surface area contributed by atoms with Crippen LogP contribution in [-0.2, 0) is 4.79 Å². The first-order valence-electron chi connectivity index (χ1n) is 6.25. The number of hydrogen-bond donors (Lipinski definition) is 1. The average Bonchev–Trinajstić information content (AvgIpc) is 2.74. The van der Waals surface area contributed by atoms with Gasteiger partial charge in [-0.1, -0.05) is 28.1 Å². The van der Waals surface area contributed by atoms with E-state index < -0.39 is 0 Å². The second-order valence-electron chi connectivity index (χ2n) is 4.78. The number of carbonyl (C=O) groups excluding carboxylic acids is 1. The minimum absolute atomic E-state index is 0.184. The van der Waals surface area contributed by atoms with Crippen LogP contribution >= 0.6 is 31.9 Å². The molecule has 106 valence electrons. The Balaban J connectivity index is 2.21. The fourth-order valence-corrected chi connectivity index (χ4v) is 3.63. The van der Waals surface area contributed by atoms with E-state index in [1.54, 1.807) is 18.2 Å². The van der Waals surface area contributed by atoms with E-state index in [9.17, 15) is 9.18 Å². The van der Waals surface area contributed by atoms with Crippen LogP contribution in [0, 0.1) is 12.7 Å². The second kappa shape index (κ2) is 5.39. The van der Waals surface area contributed by atoms with E-state index in [0.717, 1.165) is 25.8 Å². The number of anilines is 1. The van der Waals surface area contributed by atoms with Gasteiger partial charge in [0.2, 0.25) is 0 Å². The SMILES string of the molecule is Cc1c(Br)cc(Br)c2c1C(=Cc1cccc(F)c1)C(=O)N2. The minimum Gasteiger partial charge on any atom is -0.320 e. The van der Waals surface area contributed by atoms with Gasteiger partial charge in [0.05, 0.1) is 5.69 Å². The smallest absolute Gasteiger partial charge is 0.256 e. The van der Waals surface area contributed by atoms with Gasteiger partial charge in [-0.15, -0.1) is 0 Å². The number of carbonyl (C=O) groups is 1. The molecule has 5 heteroatoms. The molecule has 0 bridgehead atoms. The first kappa shape index (κ1) is 14.5. The Bertz CT molecular complexity index is 799. The summed E-state index contributed by atoms with van der Waals surface area (Å²) < 4.78 is 15.0. The molecule has 2 aromatic carbocycles. The number of benzene rings is 2. The molecule has 0 aliphatic carbocycles. The highest BCUT2D eigenvalue weighted by Crippen LogP contribution is 2.43. The summed E-state index contributed by atoms with van der Waals surface area (Å²) >= 11 is 6.94. The van der Waals surface area contributed by atoms with Crippen molar-refractivity contribution < 1.29 is 9.18 Å². The molecule has 3 rings (SSSR count). The highest BCUT2D eigenvalue weighted by atomic mass is 79.9. The van der Waals surface area contributed by atoms with Crippen molar-refractivity contribution >= 4 is 55.1 Å². The zero-order chi connectivity index (χ0) is 15.1. The molecule has 0 aromatic heterocycles. The zero-order valence-electron chi connectivity index (χ0n) is 11.0. The monoisotopic (exact) mass is 409 g/mol. The molecule has 0 saturated carbocycles. The number of rotatable bonds is 1. The standard InChI is InChI=1S/C16H10Br2FNO/c1-8-12(17)7-13(18)15-14(8)11(16(21)20-15)6-9-3-2-4-10(19)5-9/h2-7H,1H3,(H,20,21). The van der Waals surface area contributed by atoms with Crippen molar-refractivity contribution in [2.24, 2.45) is 0 Å². The average molecular weight is 411 g/mol. The summed E-state index contributed by atoms with van der Waals surface area (Å²) in [5.74, 6) is -0.508. The van der Waals surface area contributed by atoms with Crippen LogP contribution in [0.1, 0.15) is 16.7 Å². The number of hydrogen-bond acceptors (Lipinski definition) is 1. The van der Waals surface area contributed by atoms with Crippen molar-refractivity contribution in [2.75, 3.05) is 5.32 Å². The van der Waals surface area contributed by atoms with Gasteiger partial charge in [0.25, 0.3) is 5.91 Å². The molecular weight excluding hydrogens is 401 g/mol. The maximum atomic E-state index is 13.3. The Morgan fingerprint density at radius 2 is 1.95 bits per heavy atom. The molecule has 2 aromatic rings. The van der Waals surface area contributed by atoms with Crippen molar-refractivity contribution in [1.82, 2.24) is 0 Å². The van der Waals surface area contributed by atoms with Gasteiger partial charge < -0.3 is 5.32 Å². The molecule has 0 unspecified atom stereocenters. The fourth-order valence-electron chi connectivity index (χ4n) is 2.37. The Labute approximate surface area is 138 Å². The van der Waals surface area contributed by atoms with Crippen molar-refractivity contribution in [1.29, 1.82) is 0 Å². The van der Waals surface area contributed by atoms with Gasteiger partial charge in [0, 0.05) is 20.1 Å². The summed E-state index contributed by atoms with van der Waals surface area (Å²) in [5, 5.41) is 2.85. The maximum absolute atomic E-state index is 13.3. The lowest BCUT2D eigenvalue weighted by molar-refractivity contribution is -0.110. The van der Waals surface area contributed by atoms with Gasteiger partial charge in [-0.3, -0.25) is 4.79 Å². The first-order valence-corrected chi connectivity index (χ1v) is 7.83. The number of halogens is 3. The van der Waals surface area contributed by atoms with Gasteiger partial charge in [0.1, 0.15) is 5.82 Å². The molecule has 1 aliphatic rings. The third-order valence-electron chi connectivity index (χ3n) is 3.39. The molecule has 0 radical (unpaired) electrons. The van der Waals surface area contributed by atoms with Crippen LogP contribution in [0.3, 0.4) is 0 Å². The van der Waals surface area contributed by atoms with E-state index in [4.69, 9.17) is 0 Å². The lowest BCUT2D eigenvalue weighted by atomic mass is 9.99. The van der Waals surface area contributed by atoms with Crippen molar-refractivity contribution in [2.45, 2.75) is 6.92 Å². The largest absolute Gasteiger partial charge is 0.320 e. The Morgan fingerprint density at radius 3 is 2.67 bits per heavy atom. The van der Waals surface area contributed by atoms with E-state index >= 15 is 0 Å². The molecule has 0 spiro atoms. The second-order valence-corrected chi connectivity index (χ2v) is 6.49. The molecule has 0 atom stereocenters. The van der Waals surface area contributed by atoms with Crippen LogP contribution in [0.15, 0.2) is 39.3 Å². The lowest BCUT2D eigenvalue weighted by Crippen LogP contribution is -2.03. The zero-order valence-corrected chi connectivity index (χ0v) is 14.2. The molecule has 1 amide bonds. The number of fused-ring (bicyclic) bond motifs is 1. The summed E-state index contributed by atoms with van der Waals surface area (Å²) in [7, 11) is 0. The lowest BCUT2D eigenvalue weighted by Gasteiger charge is -2.08. The molecular formula is C16H10Br2FNO. The molecule has 0 fully saturated rings. The number of nitrogens with one attached hydrogen (secondary N) is 1. The summed E-state index contributed by atoms with van der Waals surface area (Å²) in [6.45, 7) is 1.94. The predicted molar refractivity (Wildman–Crippen MR) is 89.5 cm³/mol. The molecule has 2 nitrogen and oxygen atoms in total. The van der Waals surface area contributed by atoms with Crippen molar-refractivity contribution in [3.8, 4) is 0 Å². The summed E-state index contributed by atoms with van der Waals surface area (Å²) in [5.41, 5.74) is 3.75. The van der Waals surface area contributed by atoms with Crippen LogP contribution in [0.25, 0.3) is 11.6 Å². The fraction of sp³-hybridized carbons (Fsp3) is 0.0625. The molecule has 1 heterocycles. The van der Waals surface area contributed by atoms with Gasteiger partial charge in [-0.25, -0.2) is 4.39 Å². The van der Waals surface area contributed by atoms with Crippen molar-refractivity contribution in [3.63, 3.8) is 0 Å². The maximum Gasteiger partial charge on any atom is 0.256 e. The third-order valence-corrected chi connectivity index (χ3v) is 4.84. The summed E-state index contributed by atoms with van der Waals surface area (Å²) in [4.78, 5) is 12.2. The quantitative estimate of drug-likeness (QED) is 0.647. The Kier molecular flexibility index (Phi) is 3.71. The van der Waals surface area contributed by atoms with E-state index in [1.807, 2.05) is 13.0 Å². The Hall–Kier alpha value is -1.46. The normalized spacial score (nSPS) is 15.2. The van der Waals surface area contributed by atoms with E-state index in [2.05, 4.69) is 37.2 Å². The first-order chi connectivity index (χ1) is 9.97. The topological polar surface area (TPSA) is 29.1 Å². The van der Waals surface area contributed by atoms with Gasteiger partial charge in [-0.05, 0) is 58.3 Å². The van der Waals surface area contributed by atoms with Crippen LogP contribution in [0.2, 0.25) is 0 Å². The third kappa shape index (κ3) is 2.56. The summed E-state index contributed by atoms with van der Waals surface area (Å²) in [6.07, 6.45) is 1.70. The summed E-state index contributed by atoms with van der Waals surface area (Å²) in [6, 6.07) is 8.08. The van der Waals surface area contributed by atoms with Crippen LogP contribution < -0.4 is 5.32 Å². The minimum atomic E-state index is -0.324. The molecule has 21 heavy (non-hydrogen) atoms. The van der Waals surface area contributed by atoms with Crippen LogP contribution in [0.5, 0.6) is 0 Å². The van der Waals surface area contributed by atoms with Crippen LogP contribution in [0.4, 0.5) is 10.1 Å². The molecule has 1 N–H and O–H groups in total.